The molecule has 0 aliphatic carbocycles. The summed E-state index contributed by atoms with van der Waals surface area (Å²) in [6.07, 6.45) is -1.55. The third-order valence-electron chi connectivity index (χ3n) is 3.43. The second-order valence-electron chi connectivity index (χ2n) is 4.77. The Hall–Kier alpha value is -1.08. The van der Waals surface area contributed by atoms with Crippen LogP contribution in [-0.2, 0) is 10.9 Å². The third-order valence-corrected chi connectivity index (χ3v) is 3.60. The molecule has 0 radical (unpaired) electrons. The number of nitrogens with zero attached hydrogens (tertiary/aromatic N) is 2. The van der Waals surface area contributed by atoms with Gasteiger partial charge in [-0.05, 0) is 30.9 Å². The lowest BCUT2D eigenvalue weighted by molar-refractivity contribution is -0.141. The molecule has 2 aliphatic rings. The van der Waals surface area contributed by atoms with Gasteiger partial charge < -0.3 is 10.1 Å². The minimum absolute atomic E-state index is 0.00852. The molecule has 3 atom stereocenters. The lowest BCUT2D eigenvalue weighted by atomic mass is 9.95. The molecular weight excluding hydrogens is 283 g/mol. The SMILES string of the molecule is FC(F)(F)c1cc(NC2CC3CCC2O3)nc(Cl)n1. The zero-order valence-corrected chi connectivity index (χ0v) is 10.5. The van der Waals surface area contributed by atoms with Crippen LogP contribution < -0.4 is 5.32 Å². The summed E-state index contributed by atoms with van der Waals surface area (Å²) >= 11 is 5.53. The van der Waals surface area contributed by atoms with Gasteiger partial charge in [0.25, 0.3) is 0 Å². The minimum atomic E-state index is -4.53. The highest BCUT2D eigenvalue weighted by Crippen LogP contribution is 2.36. The van der Waals surface area contributed by atoms with Crippen LogP contribution in [-0.4, -0.2) is 28.2 Å². The number of alkyl halides is 3. The molecule has 19 heavy (non-hydrogen) atoms. The maximum atomic E-state index is 12.6. The standard InChI is InChI=1S/C11H11ClF3N3O/c12-10-17-8(11(13,14)15)4-9(18-10)16-6-3-5-1-2-7(6)19-5/h4-7H,1-3H2,(H,16,17,18). The van der Waals surface area contributed by atoms with Gasteiger partial charge in [0, 0.05) is 6.07 Å². The summed E-state index contributed by atoms with van der Waals surface area (Å²) in [5.74, 6) is 0.0912. The smallest absolute Gasteiger partial charge is 0.373 e. The van der Waals surface area contributed by atoms with Crippen LogP contribution in [0, 0.1) is 0 Å². The van der Waals surface area contributed by atoms with Crippen LogP contribution in [0.1, 0.15) is 25.0 Å². The Balaban J connectivity index is 1.79. The molecular formula is C11H11ClF3N3O. The van der Waals surface area contributed by atoms with E-state index in [9.17, 15) is 13.2 Å². The topological polar surface area (TPSA) is 47.0 Å². The van der Waals surface area contributed by atoms with Gasteiger partial charge in [-0.15, -0.1) is 0 Å². The highest BCUT2D eigenvalue weighted by molar-refractivity contribution is 6.28. The van der Waals surface area contributed by atoms with E-state index in [-0.39, 0.29) is 24.1 Å². The Kier molecular flexibility index (Phi) is 3.05. The number of halogens is 4. The molecule has 8 heteroatoms. The number of nitrogens with one attached hydrogen (secondary N) is 1. The first-order chi connectivity index (χ1) is 8.91. The van der Waals surface area contributed by atoms with Gasteiger partial charge in [0.2, 0.25) is 5.28 Å². The molecule has 2 fully saturated rings. The van der Waals surface area contributed by atoms with E-state index in [4.69, 9.17) is 16.3 Å². The van der Waals surface area contributed by atoms with E-state index in [1.807, 2.05) is 0 Å². The predicted molar refractivity (Wildman–Crippen MR) is 62.0 cm³/mol. The summed E-state index contributed by atoms with van der Waals surface area (Å²) in [5.41, 5.74) is -1.04. The van der Waals surface area contributed by atoms with E-state index < -0.39 is 17.2 Å². The summed E-state index contributed by atoms with van der Waals surface area (Å²) < 4.78 is 43.5. The monoisotopic (exact) mass is 293 g/mol. The number of aromatic nitrogens is 2. The molecule has 1 aromatic rings. The molecule has 0 aromatic carbocycles. The largest absolute Gasteiger partial charge is 0.433 e. The maximum absolute atomic E-state index is 12.6. The molecule has 1 aromatic heterocycles. The van der Waals surface area contributed by atoms with Crippen LogP contribution in [0.25, 0.3) is 0 Å². The van der Waals surface area contributed by atoms with Crippen LogP contribution >= 0.6 is 11.6 Å². The number of anilines is 1. The van der Waals surface area contributed by atoms with E-state index >= 15 is 0 Å². The van der Waals surface area contributed by atoms with Crippen molar-refractivity contribution < 1.29 is 17.9 Å². The van der Waals surface area contributed by atoms with E-state index in [0.717, 1.165) is 25.3 Å². The Labute approximate surface area is 112 Å². The Morgan fingerprint density at radius 2 is 2.11 bits per heavy atom. The van der Waals surface area contributed by atoms with Gasteiger partial charge in [0.1, 0.15) is 5.82 Å². The predicted octanol–water partition coefficient (Wildman–Crippen LogP) is 2.88. The van der Waals surface area contributed by atoms with Crippen molar-refractivity contribution >= 4 is 17.4 Å². The first-order valence-electron chi connectivity index (χ1n) is 5.95. The summed E-state index contributed by atoms with van der Waals surface area (Å²) in [6, 6.07) is 0.864. The lowest BCUT2D eigenvalue weighted by Crippen LogP contribution is -2.31. The summed E-state index contributed by atoms with van der Waals surface area (Å²) in [7, 11) is 0. The van der Waals surface area contributed by atoms with E-state index in [2.05, 4.69) is 15.3 Å². The number of rotatable bonds is 2. The third kappa shape index (κ3) is 2.62. The highest BCUT2D eigenvalue weighted by atomic mass is 35.5. The van der Waals surface area contributed by atoms with Gasteiger partial charge in [-0.2, -0.15) is 13.2 Å². The van der Waals surface area contributed by atoms with Crippen LogP contribution in [0.5, 0.6) is 0 Å². The molecule has 4 nitrogen and oxygen atoms in total. The number of ether oxygens (including phenoxy) is 1. The fourth-order valence-corrected chi connectivity index (χ4v) is 2.80. The summed E-state index contributed by atoms with van der Waals surface area (Å²) in [6.45, 7) is 0. The van der Waals surface area contributed by atoms with Crippen molar-refractivity contribution in [1.82, 2.24) is 9.97 Å². The van der Waals surface area contributed by atoms with Crippen LogP contribution in [0.3, 0.4) is 0 Å². The van der Waals surface area contributed by atoms with Gasteiger partial charge in [-0.1, -0.05) is 0 Å². The van der Waals surface area contributed by atoms with Crippen molar-refractivity contribution in [2.75, 3.05) is 5.32 Å². The van der Waals surface area contributed by atoms with Crippen molar-refractivity contribution in [1.29, 1.82) is 0 Å². The molecule has 3 unspecified atom stereocenters. The van der Waals surface area contributed by atoms with Crippen molar-refractivity contribution in [2.24, 2.45) is 0 Å². The van der Waals surface area contributed by atoms with Crippen molar-refractivity contribution in [2.45, 2.75) is 43.7 Å². The van der Waals surface area contributed by atoms with E-state index in [1.165, 1.54) is 0 Å². The summed E-state index contributed by atoms with van der Waals surface area (Å²) in [4.78, 5) is 6.97. The quantitative estimate of drug-likeness (QED) is 0.852. The molecule has 2 saturated heterocycles. The Morgan fingerprint density at radius 1 is 1.32 bits per heavy atom. The number of fused-ring (bicyclic) bond motifs is 2. The molecule has 0 spiro atoms. The molecule has 0 amide bonds. The van der Waals surface area contributed by atoms with Crippen LogP contribution in [0.2, 0.25) is 5.28 Å². The second kappa shape index (κ2) is 4.49. The van der Waals surface area contributed by atoms with E-state index in [1.54, 1.807) is 0 Å². The van der Waals surface area contributed by atoms with Gasteiger partial charge in [0.05, 0.1) is 18.2 Å². The van der Waals surface area contributed by atoms with E-state index in [0.29, 0.717) is 0 Å². The van der Waals surface area contributed by atoms with Crippen LogP contribution in [0.15, 0.2) is 6.07 Å². The van der Waals surface area contributed by atoms with Gasteiger partial charge in [-0.25, -0.2) is 9.97 Å². The zero-order chi connectivity index (χ0) is 13.6. The molecule has 3 rings (SSSR count). The van der Waals surface area contributed by atoms with Gasteiger partial charge in [0.15, 0.2) is 5.69 Å². The van der Waals surface area contributed by atoms with Gasteiger partial charge in [-0.3, -0.25) is 0 Å². The molecule has 3 heterocycles. The molecule has 1 N–H and O–H groups in total. The first-order valence-corrected chi connectivity index (χ1v) is 6.33. The minimum Gasteiger partial charge on any atom is -0.373 e. The maximum Gasteiger partial charge on any atom is 0.433 e. The molecule has 2 bridgehead atoms. The van der Waals surface area contributed by atoms with Crippen LogP contribution in [0.4, 0.5) is 19.0 Å². The number of hydrogen-bond acceptors (Lipinski definition) is 4. The summed E-state index contributed by atoms with van der Waals surface area (Å²) in [5, 5.41) is 2.55. The first kappa shape index (κ1) is 12.9. The van der Waals surface area contributed by atoms with Crippen molar-refractivity contribution in [3.63, 3.8) is 0 Å². The molecule has 104 valence electrons. The fraction of sp³-hybridized carbons (Fsp3) is 0.636. The normalized spacial score (nSPS) is 29.8. The fourth-order valence-electron chi connectivity index (χ4n) is 2.62. The van der Waals surface area contributed by atoms with Gasteiger partial charge >= 0.3 is 6.18 Å². The van der Waals surface area contributed by atoms with Crippen molar-refractivity contribution in [3.05, 3.63) is 17.0 Å². The Morgan fingerprint density at radius 3 is 2.68 bits per heavy atom. The van der Waals surface area contributed by atoms with Crippen molar-refractivity contribution in [3.8, 4) is 0 Å². The second-order valence-corrected chi connectivity index (χ2v) is 5.10. The Bertz CT molecular complexity index is 497. The molecule has 0 saturated carbocycles. The average Bonchev–Trinajstić information content (AvgIpc) is 2.88. The zero-order valence-electron chi connectivity index (χ0n) is 9.75. The molecule has 2 aliphatic heterocycles. The lowest BCUT2D eigenvalue weighted by Gasteiger charge is -2.21. The average molecular weight is 294 g/mol. The highest BCUT2D eigenvalue weighted by Gasteiger charge is 2.41. The number of hydrogen-bond donors (Lipinski definition) is 1.